The predicted octanol–water partition coefficient (Wildman–Crippen LogP) is 4.85. The molecule has 0 spiro atoms. The van der Waals surface area contributed by atoms with Gasteiger partial charge in [0.15, 0.2) is 0 Å². The van der Waals surface area contributed by atoms with Crippen molar-refractivity contribution in [3.05, 3.63) is 48.0 Å². The van der Waals surface area contributed by atoms with E-state index in [0.717, 1.165) is 38.5 Å². The van der Waals surface area contributed by atoms with Gasteiger partial charge in [0.05, 0.1) is 5.92 Å². The van der Waals surface area contributed by atoms with Crippen LogP contribution < -0.4 is 0 Å². The molecule has 0 saturated heterocycles. The largest absolute Gasteiger partial charge is 0.481 e. The third-order valence-corrected chi connectivity index (χ3v) is 3.61. The summed E-state index contributed by atoms with van der Waals surface area (Å²) >= 11 is 0. The van der Waals surface area contributed by atoms with Crippen LogP contribution in [0.15, 0.2) is 42.5 Å². The second-order valence-electron chi connectivity index (χ2n) is 5.22. The second kappa shape index (κ2) is 10.2. The Kier molecular flexibility index (Phi) is 8.44. The highest BCUT2D eigenvalue weighted by Crippen LogP contribution is 2.13. The van der Waals surface area contributed by atoms with E-state index >= 15 is 0 Å². The number of rotatable bonds is 10. The average molecular weight is 274 g/mol. The van der Waals surface area contributed by atoms with Gasteiger partial charge in [-0.1, -0.05) is 49.4 Å². The third kappa shape index (κ3) is 7.13. The molecule has 0 saturated carbocycles. The first-order valence-corrected chi connectivity index (χ1v) is 7.65. The minimum Gasteiger partial charge on any atom is -0.481 e. The van der Waals surface area contributed by atoms with Gasteiger partial charge in [-0.05, 0) is 50.5 Å². The maximum absolute atomic E-state index is 10.9. The zero-order chi connectivity index (χ0) is 14.6. The Balaban J connectivity index is 2.04. The molecule has 0 aliphatic carbocycles. The summed E-state index contributed by atoms with van der Waals surface area (Å²) in [5.74, 6) is -0.819. The summed E-state index contributed by atoms with van der Waals surface area (Å²) in [4.78, 5) is 10.9. The molecule has 0 radical (unpaired) electrons. The van der Waals surface area contributed by atoms with Crippen LogP contribution in [0.25, 0.3) is 0 Å². The number of aryl methyl sites for hydroxylation is 1. The summed E-state index contributed by atoms with van der Waals surface area (Å²) in [5.41, 5.74) is 1.40. The van der Waals surface area contributed by atoms with E-state index in [4.69, 9.17) is 5.11 Å². The van der Waals surface area contributed by atoms with E-state index in [0.29, 0.717) is 0 Å². The van der Waals surface area contributed by atoms with Gasteiger partial charge in [-0.15, -0.1) is 0 Å². The fourth-order valence-electron chi connectivity index (χ4n) is 2.29. The molecule has 0 aliphatic heterocycles. The van der Waals surface area contributed by atoms with Crippen LogP contribution in [0.5, 0.6) is 0 Å². The van der Waals surface area contributed by atoms with Crippen LogP contribution in [0.3, 0.4) is 0 Å². The highest BCUT2D eigenvalue weighted by atomic mass is 16.4. The van der Waals surface area contributed by atoms with Crippen molar-refractivity contribution in [3.63, 3.8) is 0 Å². The molecule has 0 heterocycles. The molecule has 1 atom stereocenters. The first-order chi connectivity index (χ1) is 9.74. The number of hydrogen-bond donors (Lipinski definition) is 1. The number of aliphatic carboxylic acids is 1. The van der Waals surface area contributed by atoms with E-state index in [1.54, 1.807) is 0 Å². The van der Waals surface area contributed by atoms with Gasteiger partial charge in [-0.25, -0.2) is 0 Å². The molecule has 1 rings (SSSR count). The van der Waals surface area contributed by atoms with Gasteiger partial charge in [0.1, 0.15) is 0 Å². The van der Waals surface area contributed by atoms with Crippen LogP contribution in [-0.2, 0) is 11.2 Å². The smallest absolute Gasteiger partial charge is 0.306 e. The van der Waals surface area contributed by atoms with Crippen molar-refractivity contribution >= 4 is 5.97 Å². The van der Waals surface area contributed by atoms with Crippen molar-refractivity contribution in [2.75, 3.05) is 0 Å². The predicted molar refractivity (Wildman–Crippen MR) is 83.8 cm³/mol. The third-order valence-electron chi connectivity index (χ3n) is 3.61. The van der Waals surface area contributed by atoms with Crippen LogP contribution in [-0.4, -0.2) is 11.1 Å². The molecule has 2 heteroatoms. The highest BCUT2D eigenvalue weighted by molar-refractivity contribution is 5.69. The molecule has 0 amide bonds. The molecule has 20 heavy (non-hydrogen) atoms. The molecule has 110 valence electrons. The van der Waals surface area contributed by atoms with Gasteiger partial charge in [0.2, 0.25) is 0 Å². The quantitative estimate of drug-likeness (QED) is 0.489. The number of benzene rings is 1. The summed E-state index contributed by atoms with van der Waals surface area (Å²) in [6, 6.07) is 10.5. The van der Waals surface area contributed by atoms with Crippen molar-refractivity contribution in [2.45, 2.75) is 51.9 Å². The normalized spacial score (nSPS) is 12.7. The van der Waals surface area contributed by atoms with Crippen molar-refractivity contribution in [1.29, 1.82) is 0 Å². The molecule has 0 aliphatic rings. The zero-order valence-electron chi connectivity index (χ0n) is 12.4. The maximum Gasteiger partial charge on any atom is 0.306 e. The summed E-state index contributed by atoms with van der Waals surface area (Å²) in [6.07, 6.45) is 11.3. The number of allylic oxidation sites excluding steroid dienone is 2. The average Bonchev–Trinajstić information content (AvgIpc) is 2.46. The molecular formula is C18H26O2. The van der Waals surface area contributed by atoms with Crippen LogP contribution in [0.2, 0.25) is 0 Å². The molecule has 2 nitrogen and oxygen atoms in total. The number of unbranched alkanes of at least 4 members (excludes halogenated alkanes) is 2. The summed E-state index contributed by atoms with van der Waals surface area (Å²) < 4.78 is 0. The van der Waals surface area contributed by atoms with Crippen molar-refractivity contribution in [2.24, 2.45) is 5.92 Å². The van der Waals surface area contributed by atoms with E-state index in [2.05, 4.69) is 36.4 Å². The van der Waals surface area contributed by atoms with Crippen LogP contribution in [0.4, 0.5) is 0 Å². The fraction of sp³-hybridized carbons (Fsp3) is 0.500. The lowest BCUT2D eigenvalue weighted by atomic mass is 9.99. The highest BCUT2D eigenvalue weighted by Gasteiger charge is 2.13. The van der Waals surface area contributed by atoms with Crippen molar-refractivity contribution in [1.82, 2.24) is 0 Å². The van der Waals surface area contributed by atoms with E-state index in [9.17, 15) is 4.79 Å². The SMILES string of the molecule is CCC(CCC/C=C/CCCc1ccccc1)C(=O)O. The zero-order valence-corrected chi connectivity index (χ0v) is 12.4. The molecule has 1 N–H and O–H groups in total. The fourth-order valence-corrected chi connectivity index (χ4v) is 2.29. The molecule has 1 aromatic rings. The number of hydrogen-bond acceptors (Lipinski definition) is 1. The Bertz CT molecular complexity index is 395. The molecule has 0 fully saturated rings. The lowest BCUT2D eigenvalue weighted by Gasteiger charge is -2.07. The van der Waals surface area contributed by atoms with E-state index in [-0.39, 0.29) is 5.92 Å². The Labute approximate surface area is 122 Å². The Hall–Kier alpha value is -1.57. The minimum absolute atomic E-state index is 0.165. The van der Waals surface area contributed by atoms with Gasteiger partial charge in [0.25, 0.3) is 0 Å². The molecule has 1 aromatic carbocycles. The first-order valence-electron chi connectivity index (χ1n) is 7.65. The Morgan fingerprint density at radius 1 is 1.15 bits per heavy atom. The molecule has 0 bridgehead atoms. The monoisotopic (exact) mass is 274 g/mol. The minimum atomic E-state index is -0.653. The summed E-state index contributed by atoms with van der Waals surface area (Å²) in [6.45, 7) is 1.94. The maximum atomic E-state index is 10.9. The van der Waals surface area contributed by atoms with E-state index < -0.39 is 5.97 Å². The van der Waals surface area contributed by atoms with Gasteiger partial charge in [-0.3, -0.25) is 4.79 Å². The number of carboxylic acid groups (broad SMARTS) is 1. The standard InChI is InChI=1S/C18H26O2/c1-2-17(18(19)20)15-11-6-4-3-5-8-12-16-13-9-7-10-14-16/h3-4,7,9-10,13-14,17H,2,5-6,8,11-12,15H2,1H3,(H,19,20)/b4-3+. The Morgan fingerprint density at radius 3 is 2.40 bits per heavy atom. The van der Waals surface area contributed by atoms with Crippen molar-refractivity contribution < 1.29 is 9.90 Å². The first kappa shape index (κ1) is 16.5. The Morgan fingerprint density at radius 2 is 1.80 bits per heavy atom. The van der Waals surface area contributed by atoms with E-state index in [1.807, 2.05) is 13.0 Å². The van der Waals surface area contributed by atoms with Gasteiger partial charge >= 0.3 is 5.97 Å². The molecular weight excluding hydrogens is 248 g/mol. The second-order valence-corrected chi connectivity index (χ2v) is 5.22. The number of carboxylic acids is 1. The van der Waals surface area contributed by atoms with Gasteiger partial charge in [0, 0.05) is 0 Å². The topological polar surface area (TPSA) is 37.3 Å². The summed E-state index contributed by atoms with van der Waals surface area (Å²) in [7, 11) is 0. The lowest BCUT2D eigenvalue weighted by molar-refractivity contribution is -0.142. The number of carbonyl (C=O) groups is 1. The molecule has 0 aromatic heterocycles. The lowest BCUT2D eigenvalue weighted by Crippen LogP contribution is -2.11. The van der Waals surface area contributed by atoms with Gasteiger partial charge < -0.3 is 5.11 Å². The van der Waals surface area contributed by atoms with Crippen LogP contribution in [0, 0.1) is 5.92 Å². The van der Waals surface area contributed by atoms with Crippen LogP contribution >= 0.6 is 0 Å². The van der Waals surface area contributed by atoms with Crippen molar-refractivity contribution in [3.8, 4) is 0 Å². The molecule has 1 unspecified atom stereocenters. The summed E-state index contributed by atoms with van der Waals surface area (Å²) in [5, 5.41) is 8.94. The van der Waals surface area contributed by atoms with Crippen LogP contribution in [0.1, 0.15) is 51.0 Å². The van der Waals surface area contributed by atoms with E-state index in [1.165, 1.54) is 12.0 Å². The van der Waals surface area contributed by atoms with Gasteiger partial charge in [-0.2, -0.15) is 0 Å².